The van der Waals surface area contributed by atoms with Crippen molar-refractivity contribution in [2.24, 2.45) is 5.92 Å². The summed E-state index contributed by atoms with van der Waals surface area (Å²) in [4.78, 5) is 24.0. The lowest BCUT2D eigenvalue weighted by molar-refractivity contribution is -0.121. The Hall–Kier alpha value is -1.68. The minimum absolute atomic E-state index is 0.0155. The second kappa shape index (κ2) is 7.05. The molecule has 4 heteroatoms. The summed E-state index contributed by atoms with van der Waals surface area (Å²) < 4.78 is 0. The maximum atomic E-state index is 12.3. The molecule has 3 rings (SSSR count). The summed E-state index contributed by atoms with van der Waals surface area (Å²) in [7, 11) is 0. The molecule has 0 unspecified atom stereocenters. The summed E-state index contributed by atoms with van der Waals surface area (Å²) in [5.74, 6) is 0.618. The van der Waals surface area contributed by atoms with E-state index in [-0.39, 0.29) is 18.1 Å². The van der Waals surface area contributed by atoms with Crippen LogP contribution in [0, 0.1) is 5.92 Å². The van der Waals surface area contributed by atoms with E-state index in [0.29, 0.717) is 12.3 Å². The summed E-state index contributed by atoms with van der Waals surface area (Å²) in [5.41, 5.74) is 3.46. The molecule has 1 heterocycles. The van der Waals surface area contributed by atoms with E-state index in [1.807, 2.05) is 12.1 Å². The third-order valence-corrected chi connectivity index (χ3v) is 4.70. The Morgan fingerprint density at radius 2 is 1.86 bits per heavy atom. The Labute approximate surface area is 131 Å². The number of aryl methyl sites for hydroxylation is 2. The van der Waals surface area contributed by atoms with E-state index < -0.39 is 0 Å². The van der Waals surface area contributed by atoms with E-state index in [4.69, 9.17) is 0 Å². The summed E-state index contributed by atoms with van der Waals surface area (Å²) in [6, 6.07) is 6.05. The Kier molecular flexibility index (Phi) is 4.88. The van der Waals surface area contributed by atoms with Crippen LogP contribution < -0.4 is 10.6 Å². The van der Waals surface area contributed by atoms with Crippen LogP contribution in [-0.2, 0) is 17.6 Å². The molecule has 2 aliphatic rings. The van der Waals surface area contributed by atoms with Crippen molar-refractivity contribution >= 4 is 11.7 Å². The summed E-state index contributed by atoms with van der Waals surface area (Å²) in [5, 5.41) is 6.09. The number of carbonyl (C=O) groups excluding carboxylic acids is 2. The average Bonchev–Trinajstić information content (AvgIpc) is 2.50. The number of benzene rings is 1. The quantitative estimate of drug-likeness (QED) is 0.789. The molecule has 1 amide bonds. The first-order valence-electron chi connectivity index (χ1n) is 8.35. The van der Waals surface area contributed by atoms with Gasteiger partial charge in [0.05, 0.1) is 0 Å². The highest BCUT2D eigenvalue weighted by atomic mass is 16.2. The van der Waals surface area contributed by atoms with Crippen molar-refractivity contribution < 1.29 is 9.59 Å². The topological polar surface area (TPSA) is 58.2 Å². The van der Waals surface area contributed by atoms with E-state index in [9.17, 15) is 9.59 Å². The number of carbonyl (C=O) groups is 2. The fourth-order valence-electron chi connectivity index (χ4n) is 3.12. The SMILES string of the molecule is O=C(CCC(=O)c1ccc2c(c1)CCCC2)NCC1CNC1. The zero-order chi connectivity index (χ0) is 15.4. The van der Waals surface area contributed by atoms with Crippen LogP contribution in [0.4, 0.5) is 0 Å². The highest BCUT2D eigenvalue weighted by molar-refractivity contribution is 5.98. The van der Waals surface area contributed by atoms with Gasteiger partial charge in [-0.15, -0.1) is 0 Å². The molecule has 1 aromatic rings. The highest BCUT2D eigenvalue weighted by Gasteiger charge is 2.18. The minimum atomic E-state index is -0.0155. The molecule has 118 valence electrons. The van der Waals surface area contributed by atoms with Gasteiger partial charge in [-0.1, -0.05) is 12.1 Å². The first kappa shape index (κ1) is 15.2. The van der Waals surface area contributed by atoms with Crippen molar-refractivity contribution in [2.75, 3.05) is 19.6 Å². The number of Topliss-reactive ketones (excluding diaryl/α,β-unsaturated/α-hetero) is 1. The van der Waals surface area contributed by atoms with Crippen LogP contribution in [0.25, 0.3) is 0 Å². The fraction of sp³-hybridized carbons (Fsp3) is 0.556. The molecule has 0 atom stereocenters. The molecule has 0 radical (unpaired) electrons. The van der Waals surface area contributed by atoms with Crippen LogP contribution >= 0.6 is 0 Å². The molecule has 2 N–H and O–H groups in total. The normalized spacial score (nSPS) is 17.5. The lowest BCUT2D eigenvalue weighted by Crippen LogP contribution is -2.48. The summed E-state index contributed by atoms with van der Waals surface area (Å²) >= 11 is 0. The van der Waals surface area contributed by atoms with Crippen molar-refractivity contribution in [2.45, 2.75) is 38.5 Å². The van der Waals surface area contributed by atoms with Gasteiger partial charge in [-0.05, 0) is 42.9 Å². The van der Waals surface area contributed by atoms with Crippen LogP contribution in [0.15, 0.2) is 18.2 Å². The number of rotatable bonds is 6. The first-order chi connectivity index (χ1) is 10.7. The van der Waals surface area contributed by atoms with Crippen LogP contribution in [0.2, 0.25) is 0 Å². The predicted octanol–water partition coefficient (Wildman–Crippen LogP) is 1.86. The molecule has 1 fully saturated rings. The van der Waals surface area contributed by atoms with Gasteiger partial charge in [0.2, 0.25) is 5.91 Å². The predicted molar refractivity (Wildman–Crippen MR) is 86.0 cm³/mol. The van der Waals surface area contributed by atoms with Crippen molar-refractivity contribution in [3.05, 3.63) is 34.9 Å². The van der Waals surface area contributed by atoms with Gasteiger partial charge in [-0.25, -0.2) is 0 Å². The lowest BCUT2D eigenvalue weighted by Gasteiger charge is -2.27. The van der Waals surface area contributed by atoms with Crippen LogP contribution in [0.5, 0.6) is 0 Å². The first-order valence-corrected chi connectivity index (χ1v) is 8.35. The van der Waals surface area contributed by atoms with Crippen molar-refractivity contribution in [1.82, 2.24) is 10.6 Å². The Morgan fingerprint density at radius 1 is 1.09 bits per heavy atom. The third-order valence-electron chi connectivity index (χ3n) is 4.70. The number of fused-ring (bicyclic) bond motifs is 1. The van der Waals surface area contributed by atoms with E-state index >= 15 is 0 Å². The molecule has 1 aliphatic carbocycles. The van der Waals surface area contributed by atoms with Crippen molar-refractivity contribution in [3.8, 4) is 0 Å². The van der Waals surface area contributed by atoms with Gasteiger partial charge >= 0.3 is 0 Å². The Morgan fingerprint density at radius 3 is 2.59 bits per heavy atom. The smallest absolute Gasteiger partial charge is 0.220 e. The molecule has 0 aromatic heterocycles. The monoisotopic (exact) mass is 300 g/mol. The molecule has 0 spiro atoms. The molecule has 4 nitrogen and oxygen atoms in total. The van der Waals surface area contributed by atoms with E-state index in [1.54, 1.807) is 0 Å². The van der Waals surface area contributed by atoms with Gasteiger partial charge < -0.3 is 10.6 Å². The number of amides is 1. The van der Waals surface area contributed by atoms with E-state index in [0.717, 1.165) is 38.0 Å². The summed E-state index contributed by atoms with van der Waals surface area (Å²) in [6.45, 7) is 2.68. The Balaban J connectivity index is 1.47. The number of nitrogens with one attached hydrogen (secondary N) is 2. The largest absolute Gasteiger partial charge is 0.356 e. The second-order valence-electron chi connectivity index (χ2n) is 6.44. The average molecular weight is 300 g/mol. The molecule has 1 aromatic carbocycles. The molecule has 0 saturated carbocycles. The highest BCUT2D eigenvalue weighted by Crippen LogP contribution is 2.22. The van der Waals surface area contributed by atoms with Crippen molar-refractivity contribution in [1.29, 1.82) is 0 Å². The van der Waals surface area contributed by atoms with Gasteiger partial charge in [0, 0.05) is 44.0 Å². The fourth-order valence-corrected chi connectivity index (χ4v) is 3.12. The van der Waals surface area contributed by atoms with Gasteiger partial charge in [0.1, 0.15) is 0 Å². The van der Waals surface area contributed by atoms with Gasteiger partial charge in [0.25, 0.3) is 0 Å². The van der Waals surface area contributed by atoms with Crippen LogP contribution in [0.3, 0.4) is 0 Å². The zero-order valence-electron chi connectivity index (χ0n) is 13.0. The van der Waals surface area contributed by atoms with E-state index in [1.165, 1.54) is 24.0 Å². The van der Waals surface area contributed by atoms with Gasteiger partial charge in [-0.2, -0.15) is 0 Å². The zero-order valence-corrected chi connectivity index (χ0v) is 13.0. The van der Waals surface area contributed by atoms with E-state index in [2.05, 4.69) is 16.7 Å². The van der Waals surface area contributed by atoms with Crippen LogP contribution in [-0.4, -0.2) is 31.3 Å². The molecular weight excluding hydrogens is 276 g/mol. The van der Waals surface area contributed by atoms with Crippen LogP contribution in [0.1, 0.15) is 47.2 Å². The van der Waals surface area contributed by atoms with Gasteiger partial charge in [0.15, 0.2) is 5.78 Å². The number of ketones is 1. The number of hydrogen-bond acceptors (Lipinski definition) is 3. The third kappa shape index (κ3) is 3.74. The standard InChI is InChI=1S/C18H24N2O2/c21-17(7-8-18(22)20-12-13-10-19-11-13)16-6-5-14-3-1-2-4-15(14)9-16/h5-6,9,13,19H,1-4,7-8,10-12H2,(H,20,22). The second-order valence-corrected chi connectivity index (χ2v) is 6.44. The van der Waals surface area contributed by atoms with Crippen molar-refractivity contribution in [3.63, 3.8) is 0 Å². The minimum Gasteiger partial charge on any atom is -0.356 e. The van der Waals surface area contributed by atoms with Gasteiger partial charge in [-0.3, -0.25) is 9.59 Å². The molecular formula is C18H24N2O2. The molecule has 1 saturated heterocycles. The maximum Gasteiger partial charge on any atom is 0.220 e. The Bertz CT molecular complexity index is 564. The lowest BCUT2D eigenvalue weighted by atomic mass is 9.89. The molecule has 0 bridgehead atoms. The molecule has 22 heavy (non-hydrogen) atoms. The summed E-state index contributed by atoms with van der Waals surface area (Å²) in [6.07, 6.45) is 5.25. The maximum absolute atomic E-state index is 12.3. The molecule has 1 aliphatic heterocycles. The number of hydrogen-bond donors (Lipinski definition) is 2.